The molecule has 3 aromatic rings. The maximum absolute atomic E-state index is 12.8. The second-order valence-corrected chi connectivity index (χ2v) is 7.80. The number of nitrogens with zero attached hydrogens (tertiary/aromatic N) is 2. The topological polar surface area (TPSA) is 28.0 Å². The number of carbonyl (C=O) groups is 1. The fourth-order valence-electron chi connectivity index (χ4n) is 4.00. The Morgan fingerprint density at radius 1 is 0.929 bits per heavy atom. The first-order chi connectivity index (χ1) is 13.6. The Kier molecular flexibility index (Phi) is 5.31. The average Bonchev–Trinajstić information content (AvgIpc) is 2.74. The highest BCUT2D eigenvalue weighted by molar-refractivity contribution is 5.94. The number of amides is 1. The Morgan fingerprint density at radius 3 is 2.32 bits per heavy atom. The van der Waals surface area contributed by atoms with Gasteiger partial charge in [0, 0.05) is 30.9 Å². The number of benzene rings is 3. The average molecular weight is 375 g/mol. The molecule has 4 rings (SSSR count). The predicted octanol–water partition coefficient (Wildman–Crippen LogP) is 2.45. The molecule has 4 heteroatoms. The third-order valence-electron chi connectivity index (χ3n) is 5.71. The molecular formula is C24H28N3O+. The van der Waals surface area contributed by atoms with E-state index in [2.05, 4.69) is 42.5 Å². The molecule has 3 aromatic carbocycles. The number of hydrogen-bond acceptors (Lipinski definition) is 2. The van der Waals surface area contributed by atoms with Crippen LogP contribution in [0.3, 0.4) is 0 Å². The van der Waals surface area contributed by atoms with Gasteiger partial charge in [-0.05, 0) is 35.0 Å². The van der Waals surface area contributed by atoms with Gasteiger partial charge in [0.25, 0.3) is 5.91 Å². The summed E-state index contributed by atoms with van der Waals surface area (Å²) in [5, 5.41) is 2.64. The molecule has 144 valence electrons. The van der Waals surface area contributed by atoms with Gasteiger partial charge < -0.3 is 14.7 Å². The van der Waals surface area contributed by atoms with Gasteiger partial charge in [-0.2, -0.15) is 0 Å². The molecule has 0 spiro atoms. The van der Waals surface area contributed by atoms with Crippen molar-refractivity contribution < 1.29 is 9.69 Å². The van der Waals surface area contributed by atoms with Gasteiger partial charge >= 0.3 is 0 Å². The van der Waals surface area contributed by atoms with Crippen molar-refractivity contribution in [1.29, 1.82) is 0 Å². The molecule has 1 fully saturated rings. The van der Waals surface area contributed by atoms with Gasteiger partial charge in [0.15, 0.2) is 0 Å². The molecule has 1 saturated heterocycles. The molecule has 1 aliphatic rings. The molecular weight excluding hydrogens is 346 g/mol. The van der Waals surface area contributed by atoms with Gasteiger partial charge in [-0.25, -0.2) is 0 Å². The molecule has 1 heterocycles. The number of carbonyl (C=O) groups excluding carboxylic acids is 1. The Labute approximate surface area is 167 Å². The molecule has 0 aromatic heterocycles. The van der Waals surface area contributed by atoms with E-state index >= 15 is 0 Å². The first kappa shape index (κ1) is 18.5. The maximum atomic E-state index is 12.8. The third-order valence-corrected chi connectivity index (χ3v) is 5.71. The van der Waals surface area contributed by atoms with Crippen molar-refractivity contribution in [3.63, 3.8) is 0 Å². The lowest BCUT2D eigenvalue weighted by Crippen LogP contribution is -3.13. The number of piperazine rings is 1. The van der Waals surface area contributed by atoms with E-state index in [1.165, 1.54) is 16.3 Å². The van der Waals surface area contributed by atoms with E-state index in [-0.39, 0.29) is 5.91 Å². The van der Waals surface area contributed by atoms with Gasteiger partial charge in [-0.15, -0.1) is 0 Å². The largest absolute Gasteiger partial charge is 0.378 e. The standard InChI is InChI=1S/C24H27N3O/c1-25(2)22-12-10-20(11-13-22)24(28)27-16-14-26(15-17-27)18-21-8-5-7-19-6-3-4-9-23(19)21/h3-13H,14-18H2,1-2H3/p+1. The summed E-state index contributed by atoms with van der Waals surface area (Å²) in [5.74, 6) is 0.148. The number of quaternary nitrogens is 1. The van der Waals surface area contributed by atoms with Crippen LogP contribution in [0, 0.1) is 0 Å². The van der Waals surface area contributed by atoms with E-state index < -0.39 is 0 Å². The summed E-state index contributed by atoms with van der Waals surface area (Å²) in [7, 11) is 4.02. The van der Waals surface area contributed by atoms with Gasteiger partial charge in [0.05, 0.1) is 26.2 Å². The summed E-state index contributed by atoms with van der Waals surface area (Å²) in [6, 6.07) is 23.0. The van der Waals surface area contributed by atoms with Crippen LogP contribution in [0.15, 0.2) is 66.7 Å². The van der Waals surface area contributed by atoms with Crippen LogP contribution in [-0.4, -0.2) is 51.1 Å². The van der Waals surface area contributed by atoms with Crippen molar-refractivity contribution in [3.05, 3.63) is 77.9 Å². The Hall–Kier alpha value is -2.85. The summed E-state index contributed by atoms with van der Waals surface area (Å²) in [4.78, 5) is 18.4. The second-order valence-electron chi connectivity index (χ2n) is 7.80. The molecule has 0 unspecified atom stereocenters. The summed E-state index contributed by atoms with van der Waals surface area (Å²) in [6.45, 7) is 4.62. The Balaban J connectivity index is 1.38. The van der Waals surface area contributed by atoms with Crippen LogP contribution < -0.4 is 9.80 Å². The van der Waals surface area contributed by atoms with Crippen LogP contribution in [-0.2, 0) is 6.54 Å². The second kappa shape index (κ2) is 8.03. The van der Waals surface area contributed by atoms with Gasteiger partial charge in [0.2, 0.25) is 0 Å². The summed E-state index contributed by atoms with van der Waals surface area (Å²) < 4.78 is 0. The van der Waals surface area contributed by atoms with Crippen LogP contribution in [0.1, 0.15) is 15.9 Å². The van der Waals surface area contributed by atoms with E-state index in [4.69, 9.17) is 0 Å². The van der Waals surface area contributed by atoms with Crippen molar-refractivity contribution >= 4 is 22.4 Å². The van der Waals surface area contributed by atoms with Crippen molar-refractivity contribution in [3.8, 4) is 0 Å². The quantitative estimate of drug-likeness (QED) is 0.760. The monoisotopic (exact) mass is 374 g/mol. The van der Waals surface area contributed by atoms with Crippen LogP contribution in [0.5, 0.6) is 0 Å². The highest BCUT2D eigenvalue weighted by Gasteiger charge is 2.25. The Morgan fingerprint density at radius 2 is 1.61 bits per heavy atom. The Bertz CT molecular complexity index is 952. The maximum Gasteiger partial charge on any atom is 0.254 e. The van der Waals surface area contributed by atoms with Crippen LogP contribution >= 0.6 is 0 Å². The predicted molar refractivity (Wildman–Crippen MR) is 115 cm³/mol. The van der Waals surface area contributed by atoms with Crippen LogP contribution in [0.25, 0.3) is 10.8 Å². The molecule has 1 N–H and O–H groups in total. The molecule has 0 radical (unpaired) electrons. The van der Waals surface area contributed by atoms with Gasteiger partial charge in [0.1, 0.15) is 6.54 Å². The lowest BCUT2D eigenvalue weighted by molar-refractivity contribution is -0.917. The first-order valence-corrected chi connectivity index (χ1v) is 9.99. The molecule has 0 aliphatic carbocycles. The summed E-state index contributed by atoms with van der Waals surface area (Å²) >= 11 is 0. The molecule has 0 saturated carbocycles. The molecule has 0 atom stereocenters. The first-order valence-electron chi connectivity index (χ1n) is 9.99. The number of fused-ring (bicyclic) bond motifs is 1. The van der Waals surface area contributed by atoms with Crippen molar-refractivity contribution in [2.45, 2.75) is 6.54 Å². The zero-order valence-electron chi connectivity index (χ0n) is 16.7. The highest BCUT2D eigenvalue weighted by atomic mass is 16.2. The fraction of sp³-hybridized carbons (Fsp3) is 0.292. The van der Waals surface area contributed by atoms with E-state index in [1.54, 1.807) is 4.90 Å². The van der Waals surface area contributed by atoms with Crippen LogP contribution in [0.2, 0.25) is 0 Å². The lowest BCUT2D eigenvalue weighted by Gasteiger charge is -2.32. The smallest absolute Gasteiger partial charge is 0.254 e. The van der Waals surface area contributed by atoms with E-state index in [0.29, 0.717) is 0 Å². The van der Waals surface area contributed by atoms with E-state index in [1.807, 2.05) is 48.2 Å². The lowest BCUT2D eigenvalue weighted by atomic mass is 10.0. The van der Waals surface area contributed by atoms with Crippen LogP contribution in [0.4, 0.5) is 5.69 Å². The minimum Gasteiger partial charge on any atom is -0.378 e. The van der Waals surface area contributed by atoms with Crippen molar-refractivity contribution in [2.75, 3.05) is 45.2 Å². The minimum atomic E-state index is 0.148. The number of anilines is 1. The third kappa shape index (κ3) is 3.87. The van der Waals surface area contributed by atoms with Crippen molar-refractivity contribution in [1.82, 2.24) is 4.90 Å². The number of rotatable bonds is 4. The van der Waals surface area contributed by atoms with Gasteiger partial charge in [-0.1, -0.05) is 42.5 Å². The number of hydrogen-bond donors (Lipinski definition) is 1. The fourth-order valence-corrected chi connectivity index (χ4v) is 4.00. The highest BCUT2D eigenvalue weighted by Crippen LogP contribution is 2.18. The SMILES string of the molecule is CN(C)c1ccc(C(=O)N2CC[NH+](Cc3cccc4ccccc34)CC2)cc1. The van der Waals surface area contributed by atoms with E-state index in [9.17, 15) is 4.79 Å². The molecule has 28 heavy (non-hydrogen) atoms. The molecule has 1 amide bonds. The normalized spacial score (nSPS) is 15.0. The zero-order chi connectivity index (χ0) is 19.5. The number of nitrogens with one attached hydrogen (secondary N) is 1. The van der Waals surface area contributed by atoms with Crippen molar-refractivity contribution in [2.24, 2.45) is 0 Å². The van der Waals surface area contributed by atoms with Gasteiger partial charge in [-0.3, -0.25) is 4.79 Å². The summed E-state index contributed by atoms with van der Waals surface area (Å²) in [6.07, 6.45) is 0. The molecule has 0 bridgehead atoms. The molecule has 4 nitrogen and oxygen atoms in total. The molecule has 1 aliphatic heterocycles. The van der Waals surface area contributed by atoms with E-state index in [0.717, 1.165) is 44.0 Å². The summed E-state index contributed by atoms with van der Waals surface area (Å²) in [5.41, 5.74) is 3.29. The minimum absolute atomic E-state index is 0.148. The zero-order valence-corrected chi connectivity index (χ0v) is 16.7.